The predicted octanol–water partition coefficient (Wildman–Crippen LogP) is 2.29. The van der Waals surface area contributed by atoms with Gasteiger partial charge in [-0.15, -0.1) is 0 Å². The van der Waals surface area contributed by atoms with E-state index < -0.39 is 10.0 Å². The number of carbonyl (C=O) groups is 1. The molecule has 0 atom stereocenters. The standard InChI is InChI=1S/C20H19N3O3S.CH2O2/c24-27(25,18-5-1-3-15-8-12-26-20(15)18)23-13-16(14-6-10-21-11-7-14)19-17(23)4-2-9-22-19;2-1-3/h1-6,9,13,21H,7-8,10-12H2;1H,(H,2,3). The fourth-order valence-electron chi connectivity index (χ4n) is 3.83. The van der Waals surface area contributed by atoms with Crippen molar-refractivity contribution in [2.45, 2.75) is 17.7 Å². The minimum Gasteiger partial charge on any atom is -0.492 e. The fraction of sp³-hybridized carbons (Fsp3) is 0.238. The number of fused-ring (bicyclic) bond motifs is 2. The summed E-state index contributed by atoms with van der Waals surface area (Å²) in [5, 5.41) is 10.2. The van der Waals surface area contributed by atoms with Crippen LogP contribution in [0.4, 0.5) is 0 Å². The molecule has 0 saturated heterocycles. The van der Waals surface area contributed by atoms with E-state index >= 15 is 0 Å². The Morgan fingerprint density at radius 2 is 2.03 bits per heavy atom. The molecule has 0 amide bonds. The van der Waals surface area contributed by atoms with Gasteiger partial charge < -0.3 is 15.2 Å². The summed E-state index contributed by atoms with van der Waals surface area (Å²) in [7, 11) is -3.80. The molecule has 0 saturated carbocycles. The van der Waals surface area contributed by atoms with Crippen molar-refractivity contribution in [2.24, 2.45) is 0 Å². The molecule has 0 fully saturated rings. The van der Waals surface area contributed by atoms with Crippen LogP contribution in [0.5, 0.6) is 5.75 Å². The Labute approximate surface area is 173 Å². The number of nitrogens with zero attached hydrogens (tertiary/aromatic N) is 2. The second-order valence-electron chi connectivity index (χ2n) is 6.85. The summed E-state index contributed by atoms with van der Waals surface area (Å²) < 4.78 is 34.1. The maximum atomic E-state index is 13.5. The molecule has 0 aliphatic carbocycles. The lowest BCUT2D eigenvalue weighted by molar-refractivity contribution is -0.122. The zero-order valence-electron chi connectivity index (χ0n) is 16.1. The molecule has 30 heavy (non-hydrogen) atoms. The van der Waals surface area contributed by atoms with Crippen molar-refractivity contribution in [3.8, 4) is 5.75 Å². The zero-order valence-corrected chi connectivity index (χ0v) is 16.9. The Hall–Kier alpha value is -3.17. The number of hydrogen-bond acceptors (Lipinski definition) is 6. The van der Waals surface area contributed by atoms with Crippen molar-refractivity contribution < 1.29 is 23.1 Å². The number of rotatable bonds is 3. The third-order valence-electron chi connectivity index (χ3n) is 5.15. The van der Waals surface area contributed by atoms with Crippen molar-refractivity contribution >= 4 is 33.1 Å². The number of carboxylic acid groups (broad SMARTS) is 1. The molecular formula is C21H21N3O5S. The number of aromatic nitrogens is 2. The van der Waals surface area contributed by atoms with E-state index in [1.165, 1.54) is 3.97 Å². The largest absolute Gasteiger partial charge is 0.492 e. The Kier molecular flexibility index (Phi) is 5.56. The van der Waals surface area contributed by atoms with E-state index in [-0.39, 0.29) is 11.4 Å². The molecule has 0 spiro atoms. The van der Waals surface area contributed by atoms with Gasteiger partial charge >= 0.3 is 0 Å². The highest BCUT2D eigenvalue weighted by atomic mass is 32.2. The molecule has 156 valence electrons. The molecule has 0 bridgehead atoms. The third kappa shape index (κ3) is 3.46. The van der Waals surface area contributed by atoms with Crippen LogP contribution in [0.1, 0.15) is 17.5 Å². The molecule has 9 heteroatoms. The van der Waals surface area contributed by atoms with E-state index in [2.05, 4.69) is 16.4 Å². The topological polar surface area (TPSA) is 111 Å². The van der Waals surface area contributed by atoms with Crippen LogP contribution in [-0.2, 0) is 21.2 Å². The predicted molar refractivity (Wildman–Crippen MR) is 112 cm³/mol. The van der Waals surface area contributed by atoms with E-state index in [9.17, 15) is 8.42 Å². The molecular weight excluding hydrogens is 406 g/mol. The van der Waals surface area contributed by atoms with E-state index in [1.807, 2.05) is 6.07 Å². The van der Waals surface area contributed by atoms with Crippen LogP contribution in [0.2, 0.25) is 0 Å². The summed E-state index contributed by atoms with van der Waals surface area (Å²) in [6, 6.07) is 8.88. The number of benzene rings is 1. The lowest BCUT2D eigenvalue weighted by Crippen LogP contribution is -2.20. The maximum absolute atomic E-state index is 13.5. The van der Waals surface area contributed by atoms with Crippen LogP contribution >= 0.6 is 0 Å². The van der Waals surface area contributed by atoms with Gasteiger partial charge in [0.2, 0.25) is 0 Å². The van der Waals surface area contributed by atoms with E-state index in [1.54, 1.807) is 36.7 Å². The number of hydrogen-bond donors (Lipinski definition) is 2. The van der Waals surface area contributed by atoms with E-state index in [0.29, 0.717) is 23.4 Å². The highest BCUT2D eigenvalue weighted by molar-refractivity contribution is 7.90. The smallest absolute Gasteiger partial charge is 0.290 e. The SMILES string of the molecule is O=CO.O=S(=O)(c1cccc2c1OCC2)n1cc(C2=CCNCC2)c2ncccc21. The van der Waals surface area contributed by atoms with Crippen LogP contribution in [0.15, 0.2) is 53.7 Å². The lowest BCUT2D eigenvalue weighted by atomic mass is 10.0. The van der Waals surface area contributed by atoms with Crippen molar-refractivity contribution in [3.05, 3.63) is 59.9 Å². The summed E-state index contributed by atoms with van der Waals surface area (Å²) >= 11 is 0. The maximum Gasteiger partial charge on any atom is 0.290 e. The summed E-state index contributed by atoms with van der Waals surface area (Å²) in [5.41, 5.74) is 4.24. The van der Waals surface area contributed by atoms with Gasteiger partial charge in [0, 0.05) is 30.9 Å². The average Bonchev–Trinajstić information content (AvgIpc) is 3.40. The van der Waals surface area contributed by atoms with Crippen molar-refractivity contribution in [3.63, 3.8) is 0 Å². The molecule has 2 N–H and O–H groups in total. The Morgan fingerprint density at radius 3 is 2.80 bits per heavy atom. The summed E-state index contributed by atoms with van der Waals surface area (Å²) in [6.07, 6.45) is 7.09. The van der Waals surface area contributed by atoms with Gasteiger partial charge in [-0.1, -0.05) is 18.2 Å². The molecule has 2 aliphatic heterocycles. The number of pyridine rings is 1. The first-order valence-electron chi connectivity index (χ1n) is 9.52. The molecule has 0 radical (unpaired) electrons. The van der Waals surface area contributed by atoms with Crippen molar-refractivity contribution in [1.82, 2.24) is 14.3 Å². The zero-order chi connectivity index (χ0) is 21.1. The molecule has 2 aliphatic rings. The van der Waals surface area contributed by atoms with Crippen LogP contribution in [-0.4, -0.2) is 48.6 Å². The van der Waals surface area contributed by atoms with Gasteiger partial charge in [0.1, 0.15) is 10.6 Å². The molecule has 2 aromatic heterocycles. The first-order chi connectivity index (χ1) is 14.6. The molecule has 1 aromatic carbocycles. The Balaban J connectivity index is 0.000000687. The van der Waals surface area contributed by atoms with Gasteiger partial charge in [-0.25, -0.2) is 12.4 Å². The van der Waals surface area contributed by atoms with E-state index in [4.69, 9.17) is 14.6 Å². The molecule has 4 heterocycles. The van der Waals surface area contributed by atoms with Crippen LogP contribution in [0.3, 0.4) is 0 Å². The van der Waals surface area contributed by atoms with Crippen LogP contribution < -0.4 is 10.1 Å². The number of ether oxygens (including phenoxy) is 1. The highest BCUT2D eigenvalue weighted by Gasteiger charge is 2.29. The molecule has 3 aromatic rings. The van der Waals surface area contributed by atoms with Gasteiger partial charge in [-0.05, 0) is 42.3 Å². The van der Waals surface area contributed by atoms with Crippen LogP contribution in [0, 0.1) is 0 Å². The minimum absolute atomic E-state index is 0.212. The van der Waals surface area contributed by atoms with Crippen molar-refractivity contribution in [1.29, 1.82) is 0 Å². The monoisotopic (exact) mass is 427 g/mol. The Bertz CT molecular complexity index is 1230. The van der Waals surface area contributed by atoms with E-state index in [0.717, 1.165) is 42.6 Å². The van der Waals surface area contributed by atoms with Gasteiger partial charge in [0.05, 0.1) is 17.6 Å². The van der Waals surface area contributed by atoms with Gasteiger partial charge in [-0.2, -0.15) is 0 Å². The average molecular weight is 427 g/mol. The lowest BCUT2D eigenvalue weighted by Gasteiger charge is -2.13. The second-order valence-corrected chi connectivity index (χ2v) is 8.63. The highest BCUT2D eigenvalue weighted by Crippen LogP contribution is 2.36. The summed E-state index contributed by atoms with van der Waals surface area (Å²) in [5.74, 6) is 0.478. The summed E-state index contributed by atoms with van der Waals surface area (Å²) in [4.78, 5) is 13.1. The second kappa shape index (κ2) is 8.29. The molecule has 5 rings (SSSR count). The molecule has 8 nitrogen and oxygen atoms in total. The first kappa shape index (κ1) is 20.1. The Morgan fingerprint density at radius 1 is 1.20 bits per heavy atom. The van der Waals surface area contributed by atoms with Gasteiger partial charge in [0.15, 0.2) is 0 Å². The minimum atomic E-state index is -3.80. The fourth-order valence-corrected chi connectivity index (χ4v) is 5.36. The number of para-hydroxylation sites is 1. The third-order valence-corrected chi connectivity index (χ3v) is 6.85. The normalized spacial score (nSPS) is 15.5. The first-order valence-corrected chi connectivity index (χ1v) is 11.0. The van der Waals surface area contributed by atoms with Crippen molar-refractivity contribution in [2.75, 3.05) is 19.7 Å². The van der Waals surface area contributed by atoms with Gasteiger partial charge in [-0.3, -0.25) is 9.78 Å². The van der Waals surface area contributed by atoms with Crippen LogP contribution in [0.25, 0.3) is 16.6 Å². The summed E-state index contributed by atoms with van der Waals surface area (Å²) in [6.45, 7) is 1.92. The quantitative estimate of drug-likeness (QED) is 0.617. The van der Waals surface area contributed by atoms with Gasteiger partial charge in [0.25, 0.3) is 16.5 Å². The number of nitrogens with one attached hydrogen (secondary N) is 1. The molecule has 0 unspecified atom stereocenters.